The van der Waals surface area contributed by atoms with Crippen molar-refractivity contribution >= 4 is 16.6 Å². The summed E-state index contributed by atoms with van der Waals surface area (Å²) >= 11 is 0. The largest absolute Gasteiger partial charge is 0.387 e. The van der Waals surface area contributed by atoms with Crippen LogP contribution in [0.2, 0.25) is 0 Å². The normalized spacial score (nSPS) is 11.2. The van der Waals surface area contributed by atoms with Gasteiger partial charge in [0.15, 0.2) is 0 Å². The molecular weight excluding hydrogens is 234 g/mol. The molecule has 0 radical (unpaired) electrons. The van der Waals surface area contributed by atoms with Crippen LogP contribution in [0.4, 0.5) is 14.5 Å². The van der Waals surface area contributed by atoms with Gasteiger partial charge >= 0.3 is 0 Å². The lowest BCUT2D eigenvalue weighted by Gasteiger charge is -2.11. The van der Waals surface area contributed by atoms with Crippen molar-refractivity contribution in [3.8, 4) is 0 Å². The minimum Gasteiger partial charge on any atom is -0.387 e. The van der Waals surface area contributed by atoms with E-state index in [1.165, 1.54) is 6.07 Å². The molecule has 0 atom stereocenters. The molecule has 0 aliphatic rings. The molecule has 0 saturated carbocycles. The quantitative estimate of drug-likeness (QED) is 0.897. The second-order valence-electron chi connectivity index (χ2n) is 4.79. The van der Waals surface area contributed by atoms with Gasteiger partial charge in [-0.1, -0.05) is 13.8 Å². The standard InChI is InChI=1S/C14H16F2N2/c1-8(2)4-10-7-12(17-3)14-11(16)5-9(15)6-13(14)18-10/h5-8H,4H2,1-3H3,(H,17,18). The zero-order valence-corrected chi connectivity index (χ0v) is 10.7. The zero-order chi connectivity index (χ0) is 13.3. The lowest BCUT2D eigenvalue weighted by atomic mass is 10.1. The molecule has 0 bridgehead atoms. The van der Waals surface area contributed by atoms with E-state index in [0.29, 0.717) is 22.5 Å². The summed E-state index contributed by atoms with van der Waals surface area (Å²) in [6.45, 7) is 4.16. The highest BCUT2D eigenvalue weighted by molar-refractivity contribution is 5.92. The summed E-state index contributed by atoms with van der Waals surface area (Å²) in [5.74, 6) is -0.743. The smallest absolute Gasteiger partial charge is 0.137 e. The highest BCUT2D eigenvalue weighted by Crippen LogP contribution is 2.27. The first kappa shape index (κ1) is 12.7. The fraction of sp³-hybridized carbons (Fsp3) is 0.357. The fourth-order valence-corrected chi connectivity index (χ4v) is 2.06. The second-order valence-corrected chi connectivity index (χ2v) is 4.79. The molecule has 0 spiro atoms. The zero-order valence-electron chi connectivity index (χ0n) is 10.7. The summed E-state index contributed by atoms with van der Waals surface area (Å²) < 4.78 is 27.0. The summed E-state index contributed by atoms with van der Waals surface area (Å²) in [7, 11) is 1.72. The number of aromatic nitrogens is 1. The summed E-state index contributed by atoms with van der Waals surface area (Å²) in [6, 6.07) is 3.97. The van der Waals surface area contributed by atoms with Gasteiger partial charge in [0.25, 0.3) is 0 Å². The van der Waals surface area contributed by atoms with E-state index < -0.39 is 11.6 Å². The second kappa shape index (κ2) is 4.88. The molecule has 0 unspecified atom stereocenters. The van der Waals surface area contributed by atoms with Crippen LogP contribution in [-0.4, -0.2) is 12.0 Å². The average Bonchev–Trinajstić information content (AvgIpc) is 2.25. The van der Waals surface area contributed by atoms with Crippen molar-refractivity contribution in [2.75, 3.05) is 12.4 Å². The minimum absolute atomic E-state index is 0.339. The highest BCUT2D eigenvalue weighted by atomic mass is 19.1. The van der Waals surface area contributed by atoms with Gasteiger partial charge in [0.2, 0.25) is 0 Å². The Kier molecular flexibility index (Phi) is 3.45. The van der Waals surface area contributed by atoms with Crippen LogP contribution < -0.4 is 5.32 Å². The number of rotatable bonds is 3. The monoisotopic (exact) mass is 250 g/mol. The number of hydrogen-bond donors (Lipinski definition) is 1. The van der Waals surface area contributed by atoms with Crippen molar-refractivity contribution in [3.05, 3.63) is 35.5 Å². The van der Waals surface area contributed by atoms with Crippen molar-refractivity contribution in [2.45, 2.75) is 20.3 Å². The molecule has 4 heteroatoms. The number of fused-ring (bicyclic) bond motifs is 1. The maximum Gasteiger partial charge on any atom is 0.137 e. The van der Waals surface area contributed by atoms with Gasteiger partial charge in [-0.2, -0.15) is 0 Å². The molecule has 18 heavy (non-hydrogen) atoms. The predicted molar refractivity (Wildman–Crippen MR) is 69.7 cm³/mol. The summed E-state index contributed by atoms with van der Waals surface area (Å²) in [6.07, 6.45) is 0.781. The molecule has 96 valence electrons. The maximum atomic E-state index is 13.8. The summed E-state index contributed by atoms with van der Waals surface area (Å²) in [5, 5.41) is 3.28. The van der Waals surface area contributed by atoms with Crippen LogP contribution >= 0.6 is 0 Å². The van der Waals surface area contributed by atoms with Gasteiger partial charge in [-0.05, 0) is 18.4 Å². The fourth-order valence-electron chi connectivity index (χ4n) is 2.06. The Labute approximate surface area is 105 Å². The first-order valence-corrected chi connectivity index (χ1v) is 5.97. The molecule has 0 aliphatic carbocycles. The third-order valence-electron chi connectivity index (χ3n) is 2.77. The Hall–Kier alpha value is -1.71. The molecule has 2 aromatic rings. The van der Waals surface area contributed by atoms with Crippen LogP contribution in [0.1, 0.15) is 19.5 Å². The van der Waals surface area contributed by atoms with Gasteiger partial charge in [-0.15, -0.1) is 0 Å². The van der Waals surface area contributed by atoms with Crippen molar-refractivity contribution in [1.82, 2.24) is 4.98 Å². The van der Waals surface area contributed by atoms with Gasteiger partial charge in [0.05, 0.1) is 10.9 Å². The van der Waals surface area contributed by atoms with Crippen LogP contribution in [0.15, 0.2) is 18.2 Å². The van der Waals surface area contributed by atoms with E-state index in [1.54, 1.807) is 7.05 Å². The van der Waals surface area contributed by atoms with Gasteiger partial charge < -0.3 is 5.32 Å². The molecule has 2 nitrogen and oxygen atoms in total. The summed E-state index contributed by atoms with van der Waals surface area (Å²) in [5.41, 5.74) is 1.84. The van der Waals surface area contributed by atoms with Crippen molar-refractivity contribution in [1.29, 1.82) is 0 Å². The molecule has 0 fully saturated rings. The molecule has 1 aromatic carbocycles. The van der Waals surface area contributed by atoms with Gasteiger partial charge in [0.1, 0.15) is 11.6 Å². The molecule has 1 heterocycles. The Balaban J connectivity index is 2.67. The van der Waals surface area contributed by atoms with Crippen molar-refractivity contribution < 1.29 is 8.78 Å². The molecule has 0 amide bonds. The molecule has 1 N–H and O–H groups in total. The first-order chi connectivity index (χ1) is 8.51. The van der Waals surface area contributed by atoms with E-state index >= 15 is 0 Å². The Bertz CT molecular complexity index is 580. The topological polar surface area (TPSA) is 24.9 Å². The number of halogens is 2. The number of anilines is 1. The van der Waals surface area contributed by atoms with Gasteiger partial charge in [-0.3, -0.25) is 4.98 Å². The van der Waals surface area contributed by atoms with E-state index in [2.05, 4.69) is 24.1 Å². The van der Waals surface area contributed by atoms with E-state index in [0.717, 1.165) is 18.2 Å². The van der Waals surface area contributed by atoms with Crippen LogP contribution in [0, 0.1) is 17.6 Å². The molecule has 2 rings (SSSR count). The number of pyridine rings is 1. The third-order valence-corrected chi connectivity index (χ3v) is 2.77. The van der Waals surface area contributed by atoms with Gasteiger partial charge in [-0.25, -0.2) is 8.78 Å². The SMILES string of the molecule is CNc1cc(CC(C)C)nc2cc(F)cc(F)c12. The third kappa shape index (κ3) is 2.42. The van der Waals surface area contributed by atoms with Crippen molar-refractivity contribution in [2.24, 2.45) is 5.92 Å². The maximum absolute atomic E-state index is 13.8. The number of nitrogens with one attached hydrogen (secondary N) is 1. The van der Waals surface area contributed by atoms with Crippen LogP contribution in [0.25, 0.3) is 10.9 Å². The number of benzene rings is 1. The molecular formula is C14H16F2N2. The Morgan fingerprint density at radius 2 is 1.94 bits per heavy atom. The molecule has 0 aliphatic heterocycles. The van der Waals surface area contributed by atoms with Crippen molar-refractivity contribution in [3.63, 3.8) is 0 Å². The average molecular weight is 250 g/mol. The number of nitrogens with zero attached hydrogens (tertiary/aromatic N) is 1. The highest BCUT2D eigenvalue weighted by Gasteiger charge is 2.12. The summed E-state index contributed by atoms with van der Waals surface area (Å²) in [4.78, 5) is 4.33. The first-order valence-electron chi connectivity index (χ1n) is 5.97. The Morgan fingerprint density at radius 1 is 1.22 bits per heavy atom. The van der Waals surface area contributed by atoms with E-state index in [-0.39, 0.29) is 0 Å². The van der Waals surface area contributed by atoms with E-state index in [4.69, 9.17) is 0 Å². The lowest BCUT2D eigenvalue weighted by Crippen LogP contribution is -2.02. The van der Waals surface area contributed by atoms with Crippen LogP contribution in [0.5, 0.6) is 0 Å². The predicted octanol–water partition coefficient (Wildman–Crippen LogP) is 3.75. The van der Waals surface area contributed by atoms with Gasteiger partial charge in [0, 0.05) is 30.6 Å². The van der Waals surface area contributed by atoms with E-state index in [9.17, 15) is 8.78 Å². The lowest BCUT2D eigenvalue weighted by molar-refractivity contribution is 0.591. The Morgan fingerprint density at radius 3 is 2.56 bits per heavy atom. The molecule has 0 saturated heterocycles. The number of hydrogen-bond acceptors (Lipinski definition) is 2. The van der Waals surface area contributed by atoms with E-state index in [1.807, 2.05) is 6.07 Å². The van der Waals surface area contributed by atoms with Crippen LogP contribution in [-0.2, 0) is 6.42 Å². The van der Waals surface area contributed by atoms with Crippen LogP contribution in [0.3, 0.4) is 0 Å². The molecule has 1 aromatic heterocycles. The minimum atomic E-state index is -0.601.